The fraction of sp³-hybridized carbons (Fsp3) is 0.421. The standard InChI is InChI=1S/C19H23N5S/c1-14(2)18-21-19(25-22-18)23-11-9-17-16(12-23)20-13-24(17)10-8-15-6-4-3-5-7-15/h3-7,13-14H,8-12H2,1-2H3. The van der Waals surface area contributed by atoms with Crippen LogP contribution >= 0.6 is 11.5 Å². The number of hydrogen-bond acceptors (Lipinski definition) is 5. The van der Waals surface area contributed by atoms with E-state index < -0.39 is 0 Å². The van der Waals surface area contributed by atoms with Crippen LogP contribution in [0.4, 0.5) is 5.13 Å². The Labute approximate surface area is 152 Å². The molecule has 0 saturated carbocycles. The largest absolute Gasteiger partial charge is 0.340 e. The number of aromatic nitrogens is 4. The van der Waals surface area contributed by atoms with E-state index in [0.29, 0.717) is 5.92 Å². The van der Waals surface area contributed by atoms with E-state index in [1.54, 1.807) is 0 Å². The van der Waals surface area contributed by atoms with E-state index in [1.807, 2.05) is 6.33 Å². The van der Waals surface area contributed by atoms with Crippen LogP contribution in [0.15, 0.2) is 36.7 Å². The lowest BCUT2D eigenvalue weighted by Gasteiger charge is -2.26. The Balaban J connectivity index is 1.45. The zero-order chi connectivity index (χ0) is 17.2. The first-order chi connectivity index (χ1) is 12.2. The second-order valence-electron chi connectivity index (χ2n) is 6.83. The Morgan fingerprint density at radius 3 is 2.80 bits per heavy atom. The van der Waals surface area contributed by atoms with Crippen molar-refractivity contribution in [1.82, 2.24) is 18.9 Å². The van der Waals surface area contributed by atoms with Crippen molar-refractivity contribution < 1.29 is 0 Å². The third-order valence-corrected chi connectivity index (χ3v) is 5.49. The van der Waals surface area contributed by atoms with Crippen molar-refractivity contribution in [3.05, 3.63) is 59.4 Å². The molecule has 0 unspecified atom stereocenters. The van der Waals surface area contributed by atoms with Crippen LogP contribution in [-0.4, -0.2) is 25.5 Å². The van der Waals surface area contributed by atoms with Crippen LogP contribution in [0.1, 0.15) is 42.5 Å². The van der Waals surface area contributed by atoms with Crippen LogP contribution in [0.3, 0.4) is 0 Å². The minimum absolute atomic E-state index is 0.377. The van der Waals surface area contributed by atoms with Crippen molar-refractivity contribution >= 4 is 16.7 Å². The molecule has 3 aromatic rings. The molecule has 0 amide bonds. The number of anilines is 1. The molecule has 0 bridgehead atoms. The molecule has 3 heterocycles. The van der Waals surface area contributed by atoms with Crippen molar-refractivity contribution in [2.45, 2.75) is 45.7 Å². The smallest absolute Gasteiger partial charge is 0.205 e. The molecule has 1 aliphatic rings. The van der Waals surface area contributed by atoms with E-state index in [1.165, 1.54) is 28.5 Å². The topological polar surface area (TPSA) is 46.8 Å². The Morgan fingerprint density at radius 1 is 1.20 bits per heavy atom. The fourth-order valence-electron chi connectivity index (χ4n) is 3.21. The monoisotopic (exact) mass is 353 g/mol. The molecule has 0 atom stereocenters. The Bertz CT molecular complexity index is 837. The maximum absolute atomic E-state index is 4.69. The molecular formula is C19H23N5S. The number of rotatable bonds is 5. The van der Waals surface area contributed by atoms with Crippen molar-refractivity contribution in [2.75, 3.05) is 11.4 Å². The summed E-state index contributed by atoms with van der Waals surface area (Å²) in [7, 11) is 0. The van der Waals surface area contributed by atoms with Crippen LogP contribution in [0.2, 0.25) is 0 Å². The fourth-order valence-corrected chi connectivity index (χ4v) is 4.04. The molecule has 130 valence electrons. The molecule has 2 aromatic heterocycles. The van der Waals surface area contributed by atoms with E-state index in [0.717, 1.165) is 43.4 Å². The Morgan fingerprint density at radius 2 is 2.04 bits per heavy atom. The van der Waals surface area contributed by atoms with Crippen LogP contribution in [0.5, 0.6) is 0 Å². The molecule has 25 heavy (non-hydrogen) atoms. The molecule has 6 heteroatoms. The molecule has 4 rings (SSSR count). The Kier molecular flexibility index (Phi) is 4.53. The molecule has 0 fully saturated rings. The molecule has 1 aromatic carbocycles. The van der Waals surface area contributed by atoms with Gasteiger partial charge < -0.3 is 9.47 Å². The molecule has 0 radical (unpaired) electrons. The highest BCUT2D eigenvalue weighted by Gasteiger charge is 2.23. The molecule has 0 spiro atoms. The van der Waals surface area contributed by atoms with Crippen LogP contribution in [0.25, 0.3) is 0 Å². The highest BCUT2D eigenvalue weighted by molar-refractivity contribution is 7.09. The summed E-state index contributed by atoms with van der Waals surface area (Å²) < 4.78 is 6.80. The van der Waals surface area contributed by atoms with E-state index in [4.69, 9.17) is 0 Å². The van der Waals surface area contributed by atoms with Crippen LogP contribution in [-0.2, 0) is 25.9 Å². The second kappa shape index (κ2) is 6.96. The van der Waals surface area contributed by atoms with Gasteiger partial charge in [-0.3, -0.25) is 0 Å². The number of imidazole rings is 1. The third kappa shape index (κ3) is 3.44. The van der Waals surface area contributed by atoms with Crippen molar-refractivity contribution in [3.63, 3.8) is 0 Å². The summed E-state index contributed by atoms with van der Waals surface area (Å²) in [6.45, 7) is 7.07. The molecular weight excluding hydrogens is 330 g/mol. The Hall–Kier alpha value is -2.21. The van der Waals surface area contributed by atoms with Gasteiger partial charge in [-0.1, -0.05) is 44.2 Å². The maximum atomic E-state index is 4.69. The van der Waals surface area contributed by atoms with Gasteiger partial charge in [0.05, 0.1) is 18.6 Å². The summed E-state index contributed by atoms with van der Waals surface area (Å²) in [5.41, 5.74) is 3.93. The highest BCUT2D eigenvalue weighted by atomic mass is 32.1. The first-order valence-corrected chi connectivity index (χ1v) is 9.63. The van der Waals surface area contributed by atoms with Gasteiger partial charge in [0.1, 0.15) is 5.82 Å². The van der Waals surface area contributed by atoms with Gasteiger partial charge in [0.25, 0.3) is 0 Å². The van der Waals surface area contributed by atoms with Crippen LogP contribution < -0.4 is 4.90 Å². The number of nitrogens with zero attached hydrogens (tertiary/aromatic N) is 5. The zero-order valence-electron chi connectivity index (χ0n) is 14.7. The lowest BCUT2D eigenvalue weighted by molar-refractivity contribution is 0.624. The first-order valence-electron chi connectivity index (χ1n) is 8.86. The van der Waals surface area contributed by atoms with E-state index in [-0.39, 0.29) is 0 Å². The number of aryl methyl sites for hydroxylation is 2. The lowest BCUT2D eigenvalue weighted by Crippen LogP contribution is -2.31. The number of fused-ring (bicyclic) bond motifs is 1. The lowest BCUT2D eigenvalue weighted by atomic mass is 10.1. The average molecular weight is 353 g/mol. The van der Waals surface area contributed by atoms with Gasteiger partial charge in [-0.05, 0) is 12.0 Å². The highest BCUT2D eigenvalue weighted by Crippen LogP contribution is 2.27. The molecule has 1 aliphatic heterocycles. The minimum Gasteiger partial charge on any atom is -0.340 e. The van der Waals surface area contributed by atoms with E-state index >= 15 is 0 Å². The molecule has 5 nitrogen and oxygen atoms in total. The number of benzene rings is 1. The van der Waals surface area contributed by atoms with Gasteiger partial charge in [0.15, 0.2) is 0 Å². The van der Waals surface area contributed by atoms with Crippen molar-refractivity contribution in [2.24, 2.45) is 0 Å². The quantitative estimate of drug-likeness (QED) is 0.702. The van der Waals surface area contributed by atoms with Crippen molar-refractivity contribution in [1.29, 1.82) is 0 Å². The van der Waals surface area contributed by atoms with E-state index in [2.05, 4.69) is 68.0 Å². The second-order valence-corrected chi connectivity index (χ2v) is 7.56. The van der Waals surface area contributed by atoms with Gasteiger partial charge in [0, 0.05) is 42.7 Å². The maximum Gasteiger partial charge on any atom is 0.205 e. The van der Waals surface area contributed by atoms with Gasteiger partial charge in [-0.25, -0.2) is 9.97 Å². The number of hydrogen-bond donors (Lipinski definition) is 0. The van der Waals surface area contributed by atoms with Gasteiger partial charge in [-0.15, -0.1) is 0 Å². The first kappa shape index (κ1) is 16.3. The summed E-state index contributed by atoms with van der Waals surface area (Å²) in [5, 5.41) is 1.02. The normalized spacial score (nSPS) is 14.1. The summed E-state index contributed by atoms with van der Waals surface area (Å²) in [5.74, 6) is 1.32. The van der Waals surface area contributed by atoms with Gasteiger partial charge in [0.2, 0.25) is 5.13 Å². The van der Waals surface area contributed by atoms with Gasteiger partial charge >= 0.3 is 0 Å². The van der Waals surface area contributed by atoms with Gasteiger partial charge in [-0.2, -0.15) is 4.37 Å². The predicted octanol–water partition coefficient (Wildman–Crippen LogP) is 3.66. The van der Waals surface area contributed by atoms with E-state index in [9.17, 15) is 0 Å². The van der Waals surface area contributed by atoms with Crippen LogP contribution in [0, 0.1) is 0 Å². The van der Waals surface area contributed by atoms with Crippen molar-refractivity contribution in [3.8, 4) is 0 Å². The molecule has 0 saturated heterocycles. The average Bonchev–Trinajstić information content (AvgIpc) is 3.28. The molecule has 0 aliphatic carbocycles. The summed E-state index contributed by atoms with van der Waals surface area (Å²) in [4.78, 5) is 11.7. The zero-order valence-corrected chi connectivity index (χ0v) is 15.5. The third-order valence-electron chi connectivity index (χ3n) is 4.69. The summed E-state index contributed by atoms with van der Waals surface area (Å²) in [6.07, 6.45) is 4.05. The molecule has 0 N–H and O–H groups in total. The summed E-state index contributed by atoms with van der Waals surface area (Å²) >= 11 is 1.50. The SMILES string of the molecule is CC(C)c1nsc(N2CCc3c(ncn3CCc3ccccc3)C2)n1. The summed E-state index contributed by atoms with van der Waals surface area (Å²) in [6, 6.07) is 10.6. The predicted molar refractivity (Wildman–Crippen MR) is 101 cm³/mol. The minimum atomic E-state index is 0.377.